The Morgan fingerprint density at radius 1 is 1.14 bits per heavy atom. The molecule has 0 aliphatic heterocycles. The lowest BCUT2D eigenvalue weighted by atomic mass is 10.1. The van der Waals surface area contributed by atoms with Gasteiger partial charge >= 0.3 is 0 Å². The molecule has 0 spiro atoms. The van der Waals surface area contributed by atoms with Gasteiger partial charge in [-0.2, -0.15) is 9.61 Å². The van der Waals surface area contributed by atoms with Gasteiger partial charge < -0.3 is 5.32 Å². The molecule has 0 atom stereocenters. The molecule has 0 saturated heterocycles. The summed E-state index contributed by atoms with van der Waals surface area (Å²) < 4.78 is 14.7. The zero-order chi connectivity index (χ0) is 20.4. The maximum Gasteiger partial charge on any atom is 0.234 e. The molecule has 6 nitrogen and oxygen atoms in total. The zero-order valence-electron chi connectivity index (χ0n) is 15.3. The molecule has 0 unspecified atom stereocenters. The van der Waals surface area contributed by atoms with Crippen LogP contribution in [0.3, 0.4) is 0 Å². The number of hydrogen-bond acceptors (Lipinski definition) is 5. The zero-order valence-corrected chi connectivity index (χ0v) is 16.8. The Labute approximate surface area is 175 Å². The van der Waals surface area contributed by atoms with Crippen LogP contribution >= 0.6 is 23.4 Å². The Morgan fingerprint density at radius 2 is 1.93 bits per heavy atom. The average Bonchev–Trinajstić information content (AvgIpc) is 3.13. The molecule has 4 rings (SSSR count). The van der Waals surface area contributed by atoms with E-state index in [0.29, 0.717) is 27.2 Å². The molecule has 0 fully saturated rings. The van der Waals surface area contributed by atoms with Gasteiger partial charge in [0.1, 0.15) is 5.82 Å². The molecule has 29 heavy (non-hydrogen) atoms. The number of anilines is 1. The van der Waals surface area contributed by atoms with E-state index >= 15 is 0 Å². The Kier molecular flexibility index (Phi) is 5.46. The van der Waals surface area contributed by atoms with E-state index in [9.17, 15) is 9.18 Å². The van der Waals surface area contributed by atoms with Crippen molar-refractivity contribution in [3.8, 4) is 11.3 Å². The number of benzene rings is 2. The van der Waals surface area contributed by atoms with Gasteiger partial charge in [-0.05, 0) is 61.0 Å². The van der Waals surface area contributed by atoms with E-state index in [-0.39, 0.29) is 17.5 Å². The number of aromatic nitrogens is 4. The third-order valence-corrected chi connectivity index (χ3v) is 5.58. The van der Waals surface area contributed by atoms with Gasteiger partial charge in [0, 0.05) is 16.3 Å². The number of rotatable bonds is 5. The number of thioether (sulfide) groups is 1. The summed E-state index contributed by atoms with van der Waals surface area (Å²) in [7, 11) is 0. The largest absolute Gasteiger partial charge is 0.325 e. The van der Waals surface area contributed by atoms with E-state index in [4.69, 9.17) is 11.6 Å². The fourth-order valence-electron chi connectivity index (χ4n) is 2.69. The number of nitrogens with one attached hydrogen (secondary N) is 1. The quantitative estimate of drug-likeness (QED) is 0.470. The minimum absolute atomic E-state index is 0.134. The predicted octanol–water partition coefficient (Wildman–Crippen LogP) is 4.62. The van der Waals surface area contributed by atoms with E-state index in [2.05, 4.69) is 20.6 Å². The van der Waals surface area contributed by atoms with Crippen molar-refractivity contribution in [3.63, 3.8) is 0 Å². The first-order valence-electron chi connectivity index (χ1n) is 8.67. The van der Waals surface area contributed by atoms with Crippen LogP contribution in [0.15, 0.2) is 59.8 Å². The van der Waals surface area contributed by atoms with Crippen LogP contribution in [0.25, 0.3) is 16.9 Å². The van der Waals surface area contributed by atoms with Crippen molar-refractivity contribution in [1.29, 1.82) is 0 Å². The minimum Gasteiger partial charge on any atom is -0.325 e. The Hall–Kier alpha value is -2.97. The molecule has 2 aromatic heterocycles. The van der Waals surface area contributed by atoms with Crippen molar-refractivity contribution in [2.75, 3.05) is 11.1 Å². The molecule has 146 valence electrons. The van der Waals surface area contributed by atoms with Gasteiger partial charge in [0.25, 0.3) is 0 Å². The summed E-state index contributed by atoms with van der Waals surface area (Å²) in [5, 5.41) is 16.6. The highest BCUT2D eigenvalue weighted by molar-refractivity contribution is 7.99. The fourth-order valence-corrected chi connectivity index (χ4v) is 3.56. The molecule has 2 heterocycles. The second-order valence-corrected chi connectivity index (χ2v) is 7.58. The summed E-state index contributed by atoms with van der Waals surface area (Å²) in [4.78, 5) is 12.3. The maximum atomic E-state index is 13.2. The monoisotopic (exact) mass is 427 g/mol. The molecular formula is C20H15ClFN5OS. The van der Waals surface area contributed by atoms with Gasteiger partial charge in [-0.25, -0.2) is 4.39 Å². The molecule has 1 amide bonds. The van der Waals surface area contributed by atoms with Gasteiger partial charge in [-0.1, -0.05) is 29.4 Å². The number of hydrogen-bond donors (Lipinski definition) is 1. The smallest absolute Gasteiger partial charge is 0.234 e. The van der Waals surface area contributed by atoms with E-state index in [1.807, 2.05) is 6.92 Å². The Bertz CT molecular complexity index is 1200. The van der Waals surface area contributed by atoms with Crippen molar-refractivity contribution >= 4 is 40.6 Å². The van der Waals surface area contributed by atoms with Gasteiger partial charge in [0.2, 0.25) is 11.1 Å². The Morgan fingerprint density at radius 3 is 2.72 bits per heavy atom. The first kappa shape index (κ1) is 19.4. The number of carbonyl (C=O) groups excluding carboxylic acids is 1. The molecule has 1 N–H and O–H groups in total. The average molecular weight is 428 g/mol. The number of nitrogens with zero attached hydrogens (tertiary/aromatic N) is 4. The molecule has 0 saturated carbocycles. The van der Waals surface area contributed by atoms with Crippen molar-refractivity contribution in [1.82, 2.24) is 19.8 Å². The van der Waals surface area contributed by atoms with Crippen LogP contribution in [0, 0.1) is 12.7 Å². The van der Waals surface area contributed by atoms with Gasteiger partial charge in [-0.3, -0.25) is 4.79 Å². The maximum absolute atomic E-state index is 13.2. The molecule has 0 aliphatic carbocycles. The lowest BCUT2D eigenvalue weighted by Gasteiger charge is -2.09. The highest BCUT2D eigenvalue weighted by Crippen LogP contribution is 2.24. The standard InChI is InChI=1S/C20H15ClFN5OS/c1-12-15(21)3-2-4-16(12)23-19(28)11-29-20-25-24-18-10-9-17(26-27(18)20)13-5-7-14(22)8-6-13/h2-10H,11H2,1H3,(H,23,28). The summed E-state index contributed by atoms with van der Waals surface area (Å²) in [5.41, 5.74) is 3.46. The van der Waals surface area contributed by atoms with E-state index in [0.717, 1.165) is 11.1 Å². The second kappa shape index (κ2) is 8.18. The van der Waals surface area contributed by atoms with Crippen LogP contribution < -0.4 is 5.32 Å². The molecule has 0 radical (unpaired) electrons. The van der Waals surface area contributed by atoms with Gasteiger partial charge in [0.15, 0.2) is 5.65 Å². The first-order chi connectivity index (χ1) is 14.0. The summed E-state index contributed by atoms with van der Waals surface area (Å²) in [6, 6.07) is 15.0. The van der Waals surface area contributed by atoms with Crippen molar-refractivity contribution in [2.45, 2.75) is 12.1 Å². The van der Waals surface area contributed by atoms with Crippen molar-refractivity contribution < 1.29 is 9.18 Å². The lowest BCUT2D eigenvalue weighted by molar-refractivity contribution is -0.113. The summed E-state index contributed by atoms with van der Waals surface area (Å²) >= 11 is 7.31. The molecule has 4 aromatic rings. The van der Waals surface area contributed by atoms with E-state index in [1.165, 1.54) is 23.9 Å². The summed E-state index contributed by atoms with van der Waals surface area (Å²) in [6.07, 6.45) is 0. The predicted molar refractivity (Wildman–Crippen MR) is 112 cm³/mol. The van der Waals surface area contributed by atoms with Crippen molar-refractivity contribution in [3.05, 3.63) is 71.0 Å². The third-order valence-electron chi connectivity index (χ3n) is 4.25. The highest BCUT2D eigenvalue weighted by atomic mass is 35.5. The Balaban J connectivity index is 1.50. The highest BCUT2D eigenvalue weighted by Gasteiger charge is 2.13. The molecular weight excluding hydrogens is 413 g/mol. The third kappa shape index (κ3) is 4.23. The second-order valence-electron chi connectivity index (χ2n) is 6.23. The van der Waals surface area contributed by atoms with Crippen LogP contribution in [-0.4, -0.2) is 31.5 Å². The normalized spacial score (nSPS) is 11.0. The van der Waals surface area contributed by atoms with Crippen LogP contribution in [0.2, 0.25) is 5.02 Å². The molecule has 9 heteroatoms. The van der Waals surface area contributed by atoms with E-state index < -0.39 is 0 Å². The SMILES string of the molecule is Cc1c(Cl)cccc1NC(=O)CSc1nnc2ccc(-c3ccc(F)cc3)nn12. The van der Waals surface area contributed by atoms with Gasteiger partial charge in [-0.15, -0.1) is 10.2 Å². The minimum atomic E-state index is -0.309. The van der Waals surface area contributed by atoms with Crippen molar-refractivity contribution in [2.24, 2.45) is 0 Å². The molecule has 0 bridgehead atoms. The summed E-state index contributed by atoms with van der Waals surface area (Å²) in [5.74, 6) is -0.363. The van der Waals surface area contributed by atoms with Crippen LogP contribution in [0.4, 0.5) is 10.1 Å². The van der Waals surface area contributed by atoms with Crippen LogP contribution in [0.5, 0.6) is 0 Å². The van der Waals surface area contributed by atoms with E-state index in [1.54, 1.807) is 47.0 Å². The summed E-state index contributed by atoms with van der Waals surface area (Å²) in [6.45, 7) is 1.85. The number of halogens is 2. The van der Waals surface area contributed by atoms with Gasteiger partial charge in [0.05, 0.1) is 11.4 Å². The lowest BCUT2D eigenvalue weighted by Crippen LogP contribution is -2.15. The number of carbonyl (C=O) groups is 1. The van der Waals surface area contributed by atoms with Crippen LogP contribution in [0.1, 0.15) is 5.56 Å². The number of amides is 1. The van der Waals surface area contributed by atoms with Crippen LogP contribution in [-0.2, 0) is 4.79 Å². The topological polar surface area (TPSA) is 72.2 Å². The molecule has 0 aliphatic rings. The number of fused-ring (bicyclic) bond motifs is 1. The fraction of sp³-hybridized carbons (Fsp3) is 0.100. The first-order valence-corrected chi connectivity index (χ1v) is 10.0. The molecule has 2 aromatic carbocycles.